The second kappa shape index (κ2) is 5.28. The summed E-state index contributed by atoms with van der Waals surface area (Å²) in [5.41, 5.74) is 0.650. The molecule has 0 unspecified atom stereocenters. The first-order valence-corrected chi connectivity index (χ1v) is 5.32. The molecule has 1 amide bonds. The number of carbonyl (C=O) groups is 1. The van der Waals surface area contributed by atoms with Crippen molar-refractivity contribution >= 4 is 35.8 Å². The fraction of sp³-hybridized carbons (Fsp3) is 0.300. The van der Waals surface area contributed by atoms with Crippen molar-refractivity contribution in [1.29, 1.82) is 0 Å². The highest BCUT2D eigenvalue weighted by molar-refractivity contribution is 7.81. The zero-order valence-electron chi connectivity index (χ0n) is 8.53. The largest absolute Gasteiger partial charge is 0.497 e. The molecule has 0 fully saturated rings. The molecule has 15 heavy (non-hydrogen) atoms. The van der Waals surface area contributed by atoms with Crippen molar-refractivity contribution in [2.24, 2.45) is 0 Å². The van der Waals surface area contributed by atoms with Crippen LogP contribution in [0, 0.1) is 0 Å². The molecular formula is C10H12ClNO2S. The number of rotatable bonds is 3. The third-order valence-corrected chi connectivity index (χ3v) is 2.60. The second-order valence-electron chi connectivity index (χ2n) is 2.93. The number of carbonyl (C=O) groups excluding carboxylic acids is 1. The van der Waals surface area contributed by atoms with Gasteiger partial charge in [-0.1, -0.05) is 11.6 Å². The molecule has 1 aromatic rings. The smallest absolute Gasteiger partial charge is 0.236 e. The minimum Gasteiger partial charge on any atom is -0.497 e. The van der Waals surface area contributed by atoms with E-state index >= 15 is 0 Å². The lowest BCUT2D eigenvalue weighted by molar-refractivity contribution is -0.115. The van der Waals surface area contributed by atoms with E-state index in [4.69, 9.17) is 16.3 Å². The number of benzene rings is 1. The number of methoxy groups -OCH3 is 1. The molecule has 0 radical (unpaired) electrons. The number of ether oxygens (including phenoxy) is 1. The van der Waals surface area contributed by atoms with Crippen molar-refractivity contribution in [2.75, 3.05) is 24.8 Å². The Bertz CT molecular complexity index is 370. The van der Waals surface area contributed by atoms with E-state index in [9.17, 15) is 4.79 Å². The van der Waals surface area contributed by atoms with E-state index in [1.54, 1.807) is 32.4 Å². The predicted molar refractivity (Wildman–Crippen MR) is 65.3 cm³/mol. The van der Waals surface area contributed by atoms with Gasteiger partial charge < -0.3 is 9.64 Å². The Hall–Kier alpha value is -0.870. The van der Waals surface area contributed by atoms with Gasteiger partial charge >= 0.3 is 0 Å². The van der Waals surface area contributed by atoms with E-state index in [0.717, 1.165) is 0 Å². The number of amides is 1. The molecule has 0 aromatic heterocycles. The standard InChI is InChI=1S/C10H12ClNO2S/c1-12(10(13)6-15)9-4-3-7(14-2)5-8(9)11/h3-5,15H,6H2,1-2H3. The van der Waals surface area contributed by atoms with Crippen molar-refractivity contribution in [3.05, 3.63) is 23.2 Å². The molecule has 0 aliphatic heterocycles. The maximum atomic E-state index is 11.4. The van der Waals surface area contributed by atoms with Gasteiger partial charge in [0.25, 0.3) is 0 Å². The molecule has 0 spiro atoms. The van der Waals surface area contributed by atoms with Crippen molar-refractivity contribution < 1.29 is 9.53 Å². The Labute approximate surface area is 99.4 Å². The summed E-state index contributed by atoms with van der Waals surface area (Å²) in [6, 6.07) is 5.16. The van der Waals surface area contributed by atoms with Crippen molar-refractivity contribution in [3.63, 3.8) is 0 Å². The lowest BCUT2D eigenvalue weighted by atomic mass is 10.3. The minimum atomic E-state index is -0.106. The molecule has 0 aliphatic carbocycles. The molecule has 0 saturated heterocycles. The van der Waals surface area contributed by atoms with Crippen LogP contribution in [0.15, 0.2) is 18.2 Å². The van der Waals surface area contributed by atoms with Crippen LogP contribution in [0.5, 0.6) is 5.75 Å². The highest BCUT2D eigenvalue weighted by Gasteiger charge is 2.12. The minimum absolute atomic E-state index is 0.106. The van der Waals surface area contributed by atoms with Gasteiger partial charge in [-0.15, -0.1) is 0 Å². The van der Waals surface area contributed by atoms with Crippen LogP contribution < -0.4 is 9.64 Å². The monoisotopic (exact) mass is 245 g/mol. The number of nitrogens with zero attached hydrogens (tertiary/aromatic N) is 1. The molecule has 0 heterocycles. The summed E-state index contributed by atoms with van der Waals surface area (Å²) >= 11 is 9.92. The van der Waals surface area contributed by atoms with Gasteiger partial charge in [0.1, 0.15) is 5.75 Å². The Morgan fingerprint density at radius 3 is 2.73 bits per heavy atom. The molecule has 1 rings (SSSR count). The molecule has 0 N–H and O–H groups in total. The van der Waals surface area contributed by atoms with E-state index in [1.807, 2.05) is 0 Å². The SMILES string of the molecule is COc1ccc(N(C)C(=O)CS)c(Cl)c1. The van der Waals surface area contributed by atoms with Gasteiger partial charge in [0, 0.05) is 13.1 Å². The van der Waals surface area contributed by atoms with Gasteiger partial charge in [0.15, 0.2) is 0 Å². The summed E-state index contributed by atoms with van der Waals surface area (Å²) in [5.74, 6) is 0.708. The van der Waals surface area contributed by atoms with Crippen LogP contribution in [0.3, 0.4) is 0 Å². The Morgan fingerprint density at radius 1 is 1.60 bits per heavy atom. The predicted octanol–water partition coefficient (Wildman–Crippen LogP) is 2.24. The zero-order valence-corrected chi connectivity index (χ0v) is 10.2. The van der Waals surface area contributed by atoms with E-state index in [-0.39, 0.29) is 11.7 Å². The molecular weight excluding hydrogens is 234 g/mol. The third kappa shape index (κ3) is 2.79. The summed E-state index contributed by atoms with van der Waals surface area (Å²) in [6.45, 7) is 0. The van der Waals surface area contributed by atoms with Crippen LogP contribution in [0.2, 0.25) is 5.02 Å². The topological polar surface area (TPSA) is 29.5 Å². The maximum absolute atomic E-state index is 11.4. The van der Waals surface area contributed by atoms with Crippen molar-refractivity contribution in [3.8, 4) is 5.75 Å². The summed E-state index contributed by atoms with van der Waals surface area (Å²) in [4.78, 5) is 12.8. The van der Waals surface area contributed by atoms with Gasteiger partial charge in [-0.2, -0.15) is 12.6 Å². The Kier molecular flexibility index (Phi) is 4.29. The number of hydrogen-bond acceptors (Lipinski definition) is 3. The molecule has 0 atom stereocenters. The first-order valence-electron chi connectivity index (χ1n) is 4.31. The molecule has 82 valence electrons. The Morgan fingerprint density at radius 2 is 2.27 bits per heavy atom. The highest BCUT2D eigenvalue weighted by atomic mass is 35.5. The zero-order chi connectivity index (χ0) is 11.4. The Balaban J connectivity index is 3.00. The summed E-state index contributed by atoms with van der Waals surface area (Å²) in [7, 11) is 3.22. The number of anilines is 1. The lowest BCUT2D eigenvalue weighted by Gasteiger charge is -2.18. The summed E-state index contributed by atoms with van der Waals surface area (Å²) < 4.78 is 5.01. The van der Waals surface area contributed by atoms with Gasteiger partial charge in [0.05, 0.1) is 23.6 Å². The van der Waals surface area contributed by atoms with Gasteiger partial charge in [-0.3, -0.25) is 4.79 Å². The number of halogens is 1. The van der Waals surface area contributed by atoms with Gasteiger partial charge in [-0.05, 0) is 12.1 Å². The van der Waals surface area contributed by atoms with Gasteiger partial charge in [-0.25, -0.2) is 0 Å². The second-order valence-corrected chi connectivity index (χ2v) is 3.65. The third-order valence-electron chi connectivity index (χ3n) is 2.03. The summed E-state index contributed by atoms with van der Waals surface area (Å²) in [6.07, 6.45) is 0. The quantitative estimate of drug-likeness (QED) is 0.828. The van der Waals surface area contributed by atoms with Crippen LogP contribution in [0.4, 0.5) is 5.69 Å². The number of thiol groups is 1. The van der Waals surface area contributed by atoms with Gasteiger partial charge in [0.2, 0.25) is 5.91 Å². The van der Waals surface area contributed by atoms with E-state index in [0.29, 0.717) is 16.5 Å². The van der Waals surface area contributed by atoms with E-state index in [1.165, 1.54) is 4.90 Å². The molecule has 3 nitrogen and oxygen atoms in total. The normalized spacial score (nSPS) is 9.87. The molecule has 0 saturated carbocycles. The van der Waals surface area contributed by atoms with Crippen LogP contribution in [-0.2, 0) is 4.79 Å². The van der Waals surface area contributed by atoms with Crippen molar-refractivity contribution in [1.82, 2.24) is 0 Å². The van der Waals surface area contributed by atoms with E-state index < -0.39 is 0 Å². The van der Waals surface area contributed by atoms with E-state index in [2.05, 4.69) is 12.6 Å². The fourth-order valence-electron chi connectivity index (χ4n) is 1.13. The molecule has 0 aliphatic rings. The first kappa shape index (κ1) is 12.2. The van der Waals surface area contributed by atoms with Crippen LogP contribution in [0.1, 0.15) is 0 Å². The van der Waals surface area contributed by atoms with Crippen molar-refractivity contribution in [2.45, 2.75) is 0 Å². The number of hydrogen-bond donors (Lipinski definition) is 1. The average Bonchev–Trinajstić information content (AvgIpc) is 2.26. The maximum Gasteiger partial charge on any atom is 0.236 e. The fourth-order valence-corrected chi connectivity index (χ4v) is 1.64. The van der Waals surface area contributed by atoms with Crippen LogP contribution >= 0.6 is 24.2 Å². The molecule has 5 heteroatoms. The summed E-state index contributed by atoms with van der Waals surface area (Å²) in [5, 5.41) is 0.479. The molecule has 1 aromatic carbocycles. The molecule has 0 bridgehead atoms. The highest BCUT2D eigenvalue weighted by Crippen LogP contribution is 2.29. The average molecular weight is 246 g/mol. The van der Waals surface area contributed by atoms with Crippen LogP contribution in [-0.4, -0.2) is 25.8 Å². The van der Waals surface area contributed by atoms with Crippen LogP contribution in [0.25, 0.3) is 0 Å². The first-order chi connectivity index (χ1) is 7.10. The lowest BCUT2D eigenvalue weighted by Crippen LogP contribution is -2.27.